The van der Waals surface area contributed by atoms with Gasteiger partial charge in [-0.1, -0.05) is 89.8 Å². The molecule has 2 N–H and O–H groups in total. The second-order valence-electron chi connectivity index (χ2n) is 9.13. The number of carbonyl (C=O) groups is 1. The topological polar surface area (TPSA) is 71.0 Å². The number of likely N-dealkylation sites (tertiary alicyclic amines) is 1. The Balaban J connectivity index is 1.46. The molecule has 2 aromatic carbocycles. The lowest BCUT2D eigenvalue weighted by Crippen LogP contribution is -2.41. The minimum absolute atomic E-state index is 0.0175. The highest BCUT2D eigenvalue weighted by molar-refractivity contribution is 6.76. The molecule has 2 heterocycles. The lowest BCUT2D eigenvalue weighted by Gasteiger charge is -2.39. The summed E-state index contributed by atoms with van der Waals surface area (Å²) < 4.78 is 10.8. The van der Waals surface area contributed by atoms with Crippen LogP contribution in [0.4, 0.5) is 0 Å². The lowest BCUT2D eigenvalue weighted by molar-refractivity contribution is -0.253. The van der Waals surface area contributed by atoms with Gasteiger partial charge in [0.1, 0.15) is 0 Å². The Morgan fingerprint density at radius 2 is 1.57 bits per heavy atom. The van der Waals surface area contributed by atoms with Gasteiger partial charge in [-0.25, -0.2) is 0 Å². The van der Waals surface area contributed by atoms with Crippen LogP contribution in [0, 0.1) is 0 Å². The fraction of sp³-hybridized carbons (Fsp3) is 0.500. The van der Waals surface area contributed by atoms with Crippen molar-refractivity contribution in [3.63, 3.8) is 0 Å². The summed E-state index contributed by atoms with van der Waals surface area (Å²) in [6.45, 7) is 3.36. The van der Waals surface area contributed by atoms with Gasteiger partial charge in [-0.2, -0.15) is 0 Å². The predicted octanol–water partition coefficient (Wildman–Crippen LogP) is 5.20. The van der Waals surface area contributed by atoms with Gasteiger partial charge in [0.15, 0.2) is 6.29 Å². The van der Waals surface area contributed by atoms with Crippen LogP contribution >= 0.6 is 34.8 Å². The van der Waals surface area contributed by atoms with E-state index in [1.807, 2.05) is 48.5 Å². The van der Waals surface area contributed by atoms with Gasteiger partial charge in [0.05, 0.1) is 18.8 Å². The van der Waals surface area contributed by atoms with E-state index in [-0.39, 0.29) is 25.4 Å². The van der Waals surface area contributed by atoms with Crippen molar-refractivity contribution in [1.29, 1.82) is 0 Å². The third-order valence-corrected chi connectivity index (χ3v) is 7.00. The number of aliphatic hydroxyl groups excluding tert-OH is 1. The number of piperidine rings is 1. The molecule has 2 aliphatic rings. The Hall–Kier alpha value is -1.38. The molecule has 6 nitrogen and oxygen atoms in total. The average Bonchev–Trinajstić information content (AvgIpc) is 2.87. The number of benzene rings is 2. The molecule has 2 fully saturated rings. The monoisotopic (exact) mass is 540 g/mol. The van der Waals surface area contributed by atoms with Crippen molar-refractivity contribution in [1.82, 2.24) is 10.2 Å². The molecule has 9 heteroatoms. The summed E-state index contributed by atoms with van der Waals surface area (Å²) in [7, 11) is 0. The molecule has 0 saturated carbocycles. The smallest absolute Gasteiger partial charge is 0.272 e. The molecule has 0 radical (unpaired) electrons. The normalized spacial score (nSPS) is 23.7. The van der Waals surface area contributed by atoms with E-state index in [4.69, 9.17) is 44.3 Å². The van der Waals surface area contributed by atoms with Crippen molar-refractivity contribution in [3.05, 3.63) is 70.8 Å². The zero-order valence-electron chi connectivity index (χ0n) is 19.5. The molecule has 0 bridgehead atoms. The Bertz CT molecular complexity index is 960. The summed E-state index contributed by atoms with van der Waals surface area (Å²) in [6, 6.07) is 15.6. The fourth-order valence-corrected chi connectivity index (χ4v) is 4.74. The van der Waals surface area contributed by atoms with Gasteiger partial charge in [0, 0.05) is 25.1 Å². The van der Waals surface area contributed by atoms with Crippen LogP contribution in [0.25, 0.3) is 0 Å². The highest BCUT2D eigenvalue weighted by atomic mass is 35.6. The maximum Gasteiger partial charge on any atom is 0.272 e. The lowest BCUT2D eigenvalue weighted by atomic mass is 9.99. The van der Waals surface area contributed by atoms with E-state index in [1.165, 1.54) is 19.3 Å². The molecule has 0 spiro atoms. The molecule has 2 aliphatic heterocycles. The molecular weight excluding hydrogens is 511 g/mol. The van der Waals surface area contributed by atoms with Crippen molar-refractivity contribution in [3.8, 4) is 0 Å². The van der Waals surface area contributed by atoms with Gasteiger partial charge in [-0.05, 0) is 42.6 Å². The number of nitrogens with zero attached hydrogens (tertiary/aromatic N) is 1. The summed E-state index contributed by atoms with van der Waals surface area (Å²) in [6.07, 6.45) is 3.95. The van der Waals surface area contributed by atoms with Crippen LogP contribution in [-0.2, 0) is 27.4 Å². The van der Waals surface area contributed by atoms with Crippen LogP contribution in [0.1, 0.15) is 60.3 Å². The summed E-state index contributed by atoms with van der Waals surface area (Å²) in [5.74, 6) is -0.666. The SMILES string of the molecule is O=C(NCc1ccc([C@@H]2O[C@H](CN3CCCCC3)C[C@H](c3ccc(CO)cc3)O2)cc1)C(Cl)(Cl)Cl. The minimum Gasteiger partial charge on any atom is -0.392 e. The number of ether oxygens (including phenoxy) is 2. The van der Waals surface area contributed by atoms with Gasteiger partial charge < -0.3 is 24.8 Å². The average molecular weight is 542 g/mol. The van der Waals surface area contributed by atoms with Crippen molar-refractivity contribution in [2.24, 2.45) is 0 Å². The number of halogens is 3. The minimum atomic E-state index is -1.99. The summed E-state index contributed by atoms with van der Waals surface area (Å²) in [5.41, 5.74) is 3.72. The maximum atomic E-state index is 11.8. The van der Waals surface area contributed by atoms with E-state index < -0.39 is 16.0 Å². The second kappa shape index (κ2) is 12.2. The van der Waals surface area contributed by atoms with Crippen LogP contribution in [0.3, 0.4) is 0 Å². The zero-order chi connectivity index (χ0) is 24.8. The Morgan fingerprint density at radius 1 is 0.943 bits per heavy atom. The predicted molar refractivity (Wildman–Crippen MR) is 137 cm³/mol. The molecule has 0 unspecified atom stereocenters. The molecule has 2 aromatic rings. The fourth-order valence-electron chi connectivity index (χ4n) is 4.54. The third kappa shape index (κ3) is 7.56. The first kappa shape index (κ1) is 26.7. The third-order valence-electron chi connectivity index (χ3n) is 6.49. The molecule has 1 amide bonds. The first-order chi connectivity index (χ1) is 16.8. The van der Waals surface area contributed by atoms with Gasteiger partial charge in [-0.15, -0.1) is 0 Å². The zero-order valence-corrected chi connectivity index (χ0v) is 21.7. The molecule has 3 atom stereocenters. The summed E-state index contributed by atoms with van der Waals surface area (Å²) in [5, 5.41) is 12.0. The van der Waals surface area contributed by atoms with E-state index in [1.54, 1.807) is 0 Å². The Labute approximate surface area is 221 Å². The van der Waals surface area contributed by atoms with E-state index in [2.05, 4.69) is 10.2 Å². The van der Waals surface area contributed by atoms with Gasteiger partial charge >= 0.3 is 0 Å². The molecule has 190 valence electrons. The second-order valence-corrected chi connectivity index (χ2v) is 11.4. The van der Waals surface area contributed by atoms with Gasteiger partial charge in [0.2, 0.25) is 0 Å². The van der Waals surface area contributed by atoms with Crippen molar-refractivity contribution in [2.75, 3.05) is 19.6 Å². The number of hydrogen-bond donors (Lipinski definition) is 2. The number of rotatable bonds is 7. The summed E-state index contributed by atoms with van der Waals surface area (Å²) >= 11 is 16.8. The number of carbonyl (C=O) groups excluding carboxylic acids is 1. The highest BCUT2D eigenvalue weighted by Crippen LogP contribution is 2.38. The maximum absolute atomic E-state index is 11.8. The number of amides is 1. The largest absolute Gasteiger partial charge is 0.392 e. The molecule has 4 rings (SSSR count). The quantitative estimate of drug-likeness (QED) is 0.472. The van der Waals surface area contributed by atoms with Crippen LogP contribution in [0.2, 0.25) is 0 Å². The van der Waals surface area contributed by atoms with Gasteiger partial charge in [-0.3, -0.25) is 4.79 Å². The van der Waals surface area contributed by atoms with Crippen LogP contribution in [0.5, 0.6) is 0 Å². The standard InChI is InChI=1S/C26H31Cl3N2O4/c27-26(28,29)25(33)30-15-18-4-10-21(11-5-18)24-34-22(16-31-12-2-1-3-13-31)14-23(35-24)20-8-6-19(17-32)7-9-20/h4-11,22-24,32H,1-3,12-17H2,(H,30,33)/t22-,23+,24+/m0/s1. The molecular formula is C26H31Cl3N2O4. The van der Waals surface area contributed by atoms with Crippen LogP contribution in [0.15, 0.2) is 48.5 Å². The van der Waals surface area contributed by atoms with E-state index in [9.17, 15) is 9.90 Å². The van der Waals surface area contributed by atoms with Crippen molar-refractivity contribution < 1.29 is 19.4 Å². The Morgan fingerprint density at radius 3 is 2.20 bits per heavy atom. The first-order valence-electron chi connectivity index (χ1n) is 12.0. The van der Waals surface area contributed by atoms with E-state index in [0.717, 1.165) is 48.3 Å². The van der Waals surface area contributed by atoms with Crippen molar-refractivity contribution in [2.45, 2.75) is 61.1 Å². The molecule has 0 aromatic heterocycles. The molecule has 35 heavy (non-hydrogen) atoms. The first-order valence-corrected chi connectivity index (χ1v) is 13.1. The highest BCUT2D eigenvalue weighted by Gasteiger charge is 2.33. The molecule has 0 aliphatic carbocycles. The molecule has 2 saturated heterocycles. The van der Waals surface area contributed by atoms with E-state index >= 15 is 0 Å². The number of nitrogens with one attached hydrogen (secondary N) is 1. The number of aliphatic hydroxyl groups is 1. The number of alkyl halides is 3. The van der Waals surface area contributed by atoms with Crippen molar-refractivity contribution >= 4 is 40.7 Å². The van der Waals surface area contributed by atoms with Crippen LogP contribution in [-0.4, -0.2) is 45.4 Å². The Kier molecular flexibility index (Phi) is 9.33. The number of hydrogen-bond acceptors (Lipinski definition) is 5. The summed E-state index contributed by atoms with van der Waals surface area (Å²) in [4.78, 5) is 14.3. The van der Waals surface area contributed by atoms with Gasteiger partial charge in [0.25, 0.3) is 9.70 Å². The van der Waals surface area contributed by atoms with E-state index in [0.29, 0.717) is 0 Å². The van der Waals surface area contributed by atoms with Crippen LogP contribution < -0.4 is 5.32 Å².